The standard InChI is InChI=1S/C23H38O7/c1-21(2,3)30-20(24)25-13-19-23(6,29-19)12-11-17-15(27-17)8-7-14-16(26-14)9-10-18-22(4,5)28-18/h14-19H,7-13H2,1-6H3/t14-,15-,16-,17-,18-,19-,23-/m1/s1. The number of carbonyl (C=O) groups is 1. The van der Waals surface area contributed by atoms with E-state index in [1.807, 2.05) is 20.8 Å². The van der Waals surface area contributed by atoms with Crippen LogP contribution in [-0.4, -0.2) is 66.2 Å². The number of hydrogen-bond donors (Lipinski definition) is 0. The third-order valence-electron chi connectivity index (χ3n) is 6.69. The first-order valence-electron chi connectivity index (χ1n) is 11.5. The first-order valence-corrected chi connectivity index (χ1v) is 11.5. The van der Waals surface area contributed by atoms with Crippen molar-refractivity contribution in [2.75, 3.05) is 6.61 Å². The third-order valence-corrected chi connectivity index (χ3v) is 6.69. The highest BCUT2D eigenvalue weighted by molar-refractivity contribution is 5.60. The normalized spacial score (nSPS) is 40.6. The Morgan fingerprint density at radius 1 is 0.833 bits per heavy atom. The molecule has 0 N–H and O–H groups in total. The van der Waals surface area contributed by atoms with Crippen molar-refractivity contribution in [1.29, 1.82) is 0 Å². The summed E-state index contributed by atoms with van der Waals surface area (Å²) in [4.78, 5) is 11.6. The molecule has 0 aromatic heterocycles. The van der Waals surface area contributed by atoms with Gasteiger partial charge in [0, 0.05) is 0 Å². The van der Waals surface area contributed by atoms with Gasteiger partial charge in [0.1, 0.15) is 18.3 Å². The number of carbonyl (C=O) groups excluding carboxylic acids is 1. The number of rotatable bonds is 11. The summed E-state index contributed by atoms with van der Waals surface area (Å²) in [5.74, 6) is 0. The summed E-state index contributed by atoms with van der Waals surface area (Å²) < 4.78 is 33.4. The molecule has 0 spiro atoms. The quantitative estimate of drug-likeness (QED) is 0.362. The van der Waals surface area contributed by atoms with E-state index in [9.17, 15) is 4.79 Å². The molecular formula is C23H38O7. The summed E-state index contributed by atoms with van der Waals surface area (Å²) in [6.45, 7) is 12.1. The van der Waals surface area contributed by atoms with Gasteiger partial charge in [-0.1, -0.05) is 0 Å². The van der Waals surface area contributed by atoms with Gasteiger partial charge in [0.15, 0.2) is 0 Å². The van der Waals surface area contributed by atoms with Gasteiger partial charge in [-0.15, -0.1) is 0 Å². The summed E-state index contributed by atoms with van der Waals surface area (Å²) >= 11 is 0. The molecule has 7 atom stereocenters. The molecule has 7 nitrogen and oxygen atoms in total. The van der Waals surface area contributed by atoms with Crippen LogP contribution in [0.3, 0.4) is 0 Å². The molecule has 0 aromatic rings. The zero-order valence-electron chi connectivity index (χ0n) is 19.3. The van der Waals surface area contributed by atoms with Gasteiger partial charge in [-0.2, -0.15) is 0 Å². The Labute approximate surface area is 180 Å². The van der Waals surface area contributed by atoms with E-state index in [0.717, 1.165) is 38.5 Å². The van der Waals surface area contributed by atoms with Crippen molar-refractivity contribution in [2.24, 2.45) is 0 Å². The molecule has 4 aliphatic heterocycles. The molecule has 0 radical (unpaired) electrons. The van der Waals surface area contributed by atoms with Gasteiger partial charge in [-0.05, 0) is 80.1 Å². The molecule has 4 saturated heterocycles. The van der Waals surface area contributed by atoms with Crippen molar-refractivity contribution in [3.05, 3.63) is 0 Å². The Hall–Kier alpha value is -0.890. The highest BCUT2D eigenvalue weighted by Crippen LogP contribution is 2.45. The fraction of sp³-hybridized carbons (Fsp3) is 0.957. The SMILES string of the molecule is CC(C)(C)OC(=O)OC[C@H]1O[C@]1(C)CC[C@H]1O[C@@H]1CC[C@H]1O[C@@H]1CC[C@H]1OC1(C)C. The molecule has 0 saturated carbocycles. The second kappa shape index (κ2) is 7.91. The van der Waals surface area contributed by atoms with Gasteiger partial charge >= 0.3 is 6.16 Å². The third kappa shape index (κ3) is 6.09. The molecule has 172 valence electrons. The molecule has 30 heavy (non-hydrogen) atoms. The average molecular weight is 427 g/mol. The fourth-order valence-electron chi connectivity index (χ4n) is 4.33. The van der Waals surface area contributed by atoms with E-state index in [1.165, 1.54) is 0 Å². The lowest BCUT2D eigenvalue weighted by Crippen LogP contribution is -2.26. The van der Waals surface area contributed by atoms with E-state index in [4.69, 9.17) is 28.4 Å². The molecule has 7 heteroatoms. The minimum Gasteiger partial charge on any atom is -0.431 e. The van der Waals surface area contributed by atoms with E-state index in [-0.39, 0.29) is 23.9 Å². The maximum atomic E-state index is 11.6. The molecule has 0 aromatic carbocycles. The van der Waals surface area contributed by atoms with Crippen LogP contribution in [0.1, 0.15) is 80.1 Å². The Kier molecular flexibility index (Phi) is 5.88. The average Bonchev–Trinajstić information content (AvgIpc) is 3.45. The van der Waals surface area contributed by atoms with E-state index in [2.05, 4.69) is 20.8 Å². The second-order valence-corrected chi connectivity index (χ2v) is 11.0. The van der Waals surface area contributed by atoms with Crippen LogP contribution >= 0.6 is 0 Å². The Morgan fingerprint density at radius 3 is 1.90 bits per heavy atom. The van der Waals surface area contributed by atoms with Crippen molar-refractivity contribution >= 4 is 6.16 Å². The van der Waals surface area contributed by atoms with Gasteiger partial charge in [0.25, 0.3) is 0 Å². The van der Waals surface area contributed by atoms with Gasteiger partial charge in [0.2, 0.25) is 0 Å². The Morgan fingerprint density at radius 2 is 1.37 bits per heavy atom. The van der Waals surface area contributed by atoms with Crippen LogP contribution in [0.2, 0.25) is 0 Å². The number of hydrogen-bond acceptors (Lipinski definition) is 7. The van der Waals surface area contributed by atoms with Crippen LogP contribution < -0.4 is 0 Å². The van der Waals surface area contributed by atoms with Crippen LogP contribution in [-0.2, 0) is 28.4 Å². The van der Waals surface area contributed by atoms with Crippen LogP contribution in [0.5, 0.6) is 0 Å². The molecule has 4 rings (SSSR count). The maximum Gasteiger partial charge on any atom is 0.508 e. The van der Waals surface area contributed by atoms with Gasteiger partial charge in [-0.25, -0.2) is 4.79 Å². The lowest BCUT2D eigenvalue weighted by Gasteiger charge is -2.18. The molecule has 4 heterocycles. The number of ether oxygens (including phenoxy) is 6. The Bertz CT molecular complexity index is 642. The highest BCUT2D eigenvalue weighted by Gasteiger charge is 2.54. The molecule has 0 aliphatic carbocycles. The summed E-state index contributed by atoms with van der Waals surface area (Å²) in [6, 6.07) is 0. The van der Waals surface area contributed by atoms with Gasteiger partial charge in [-0.3, -0.25) is 0 Å². The van der Waals surface area contributed by atoms with Crippen molar-refractivity contribution < 1.29 is 33.2 Å². The van der Waals surface area contributed by atoms with E-state index in [1.54, 1.807) is 0 Å². The topological polar surface area (TPSA) is 85.7 Å². The monoisotopic (exact) mass is 426 g/mol. The highest BCUT2D eigenvalue weighted by atomic mass is 16.7. The van der Waals surface area contributed by atoms with Crippen molar-refractivity contribution in [3.63, 3.8) is 0 Å². The van der Waals surface area contributed by atoms with Crippen molar-refractivity contribution in [2.45, 2.75) is 133 Å². The largest absolute Gasteiger partial charge is 0.508 e. The van der Waals surface area contributed by atoms with Gasteiger partial charge < -0.3 is 28.4 Å². The molecule has 0 unspecified atom stereocenters. The predicted octanol–water partition coefficient (Wildman–Crippen LogP) is 4.15. The smallest absolute Gasteiger partial charge is 0.431 e. The zero-order valence-corrected chi connectivity index (χ0v) is 19.3. The summed E-state index contributed by atoms with van der Waals surface area (Å²) in [6.07, 6.45) is 7.51. The zero-order chi connectivity index (χ0) is 21.7. The van der Waals surface area contributed by atoms with E-state index >= 15 is 0 Å². The minimum atomic E-state index is -0.639. The lowest BCUT2D eigenvalue weighted by atomic mass is 9.98. The maximum absolute atomic E-state index is 11.6. The van der Waals surface area contributed by atoms with Crippen molar-refractivity contribution in [1.82, 2.24) is 0 Å². The second-order valence-electron chi connectivity index (χ2n) is 11.0. The fourth-order valence-corrected chi connectivity index (χ4v) is 4.33. The van der Waals surface area contributed by atoms with E-state index < -0.39 is 11.8 Å². The minimum absolute atomic E-state index is 0.0525. The van der Waals surface area contributed by atoms with Crippen LogP contribution in [0.4, 0.5) is 4.79 Å². The predicted molar refractivity (Wildman–Crippen MR) is 109 cm³/mol. The van der Waals surface area contributed by atoms with Crippen molar-refractivity contribution in [3.8, 4) is 0 Å². The molecule has 4 fully saturated rings. The van der Waals surface area contributed by atoms with Crippen LogP contribution in [0.15, 0.2) is 0 Å². The number of epoxide rings is 4. The van der Waals surface area contributed by atoms with Crippen LogP contribution in [0, 0.1) is 0 Å². The van der Waals surface area contributed by atoms with Crippen LogP contribution in [0.25, 0.3) is 0 Å². The summed E-state index contributed by atoms with van der Waals surface area (Å²) in [5.41, 5.74) is -0.679. The lowest BCUT2D eigenvalue weighted by molar-refractivity contribution is -0.00949. The summed E-state index contributed by atoms with van der Waals surface area (Å²) in [5, 5.41) is 0. The first-order chi connectivity index (χ1) is 14.0. The molecule has 4 aliphatic rings. The Balaban J connectivity index is 1.02. The summed E-state index contributed by atoms with van der Waals surface area (Å²) in [7, 11) is 0. The molecular weight excluding hydrogens is 388 g/mol. The molecule has 0 bridgehead atoms. The first kappa shape index (κ1) is 22.3. The van der Waals surface area contributed by atoms with E-state index in [0.29, 0.717) is 30.5 Å². The van der Waals surface area contributed by atoms with Gasteiger partial charge in [0.05, 0.1) is 41.7 Å². The molecule has 0 amide bonds.